The molecule has 5 rings (SSSR count). The maximum atomic E-state index is 12.8. The van der Waals surface area contributed by atoms with Gasteiger partial charge in [0.15, 0.2) is 11.4 Å². The molecule has 0 aliphatic carbocycles. The number of aromatic nitrogens is 2. The summed E-state index contributed by atoms with van der Waals surface area (Å²) in [6.07, 6.45) is 4.14. The van der Waals surface area contributed by atoms with Crippen molar-refractivity contribution in [3.63, 3.8) is 0 Å². The smallest absolute Gasteiger partial charge is 0.223 e. The summed E-state index contributed by atoms with van der Waals surface area (Å²) < 4.78 is 11.7. The Kier molecular flexibility index (Phi) is 6.11. The van der Waals surface area contributed by atoms with Crippen molar-refractivity contribution in [1.82, 2.24) is 15.3 Å². The predicted molar refractivity (Wildman–Crippen MR) is 128 cm³/mol. The number of para-hydroxylation sites is 1. The third-order valence-electron chi connectivity index (χ3n) is 6.17. The molecule has 0 saturated carbocycles. The highest BCUT2D eigenvalue weighted by molar-refractivity contribution is 6.05. The van der Waals surface area contributed by atoms with Crippen molar-refractivity contribution in [2.24, 2.45) is 5.92 Å². The molecule has 0 bridgehead atoms. The third kappa shape index (κ3) is 4.49. The molecular weight excluding hydrogens is 416 g/mol. The van der Waals surface area contributed by atoms with E-state index in [0.29, 0.717) is 18.7 Å². The first-order valence-electron chi connectivity index (χ1n) is 11.6. The van der Waals surface area contributed by atoms with Gasteiger partial charge in [0.25, 0.3) is 0 Å². The first-order valence-corrected chi connectivity index (χ1v) is 11.6. The number of hydrogen-bond donors (Lipinski definition) is 1. The Labute approximate surface area is 192 Å². The molecule has 1 amide bonds. The lowest BCUT2D eigenvalue weighted by Crippen LogP contribution is -2.40. The van der Waals surface area contributed by atoms with Crippen molar-refractivity contribution in [2.75, 3.05) is 24.6 Å². The SMILES string of the molecule is CCCOc1ccc(CNC(=O)C2CCN(c3ncnc4c3oc3ccccc34)CC2)cc1. The van der Waals surface area contributed by atoms with E-state index in [2.05, 4.69) is 27.1 Å². The van der Waals surface area contributed by atoms with Gasteiger partial charge in [-0.05, 0) is 49.1 Å². The molecule has 0 unspecified atom stereocenters. The number of carbonyl (C=O) groups excluding carboxylic acids is 1. The number of ether oxygens (including phenoxy) is 1. The van der Waals surface area contributed by atoms with Crippen molar-refractivity contribution in [1.29, 1.82) is 0 Å². The van der Waals surface area contributed by atoms with E-state index in [0.717, 1.165) is 66.0 Å². The zero-order chi connectivity index (χ0) is 22.6. The first-order chi connectivity index (χ1) is 16.2. The minimum absolute atomic E-state index is 0.00131. The Morgan fingerprint density at radius 1 is 1.12 bits per heavy atom. The van der Waals surface area contributed by atoms with E-state index in [1.165, 1.54) is 0 Å². The second-order valence-corrected chi connectivity index (χ2v) is 8.44. The summed E-state index contributed by atoms with van der Waals surface area (Å²) in [5.74, 6) is 1.78. The molecule has 2 aromatic carbocycles. The van der Waals surface area contributed by atoms with Gasteiger partial charge in [-0.2, -0.15) is 0 Å². The number of furan rings is 1. The maximum absolute atomic E-state index is 12.8. The number of amides is 1. The molecule has 1 aliphatic rings. The Morgan fingerprint density at radius 2 is 1.91 bits per heavy atom. The monoisotopic (exact) mass is 444 g/mol. The average molecular weight is 445 g/mol. The van der Waals surface area contributed by atoms with Crippen LogP contribution < -0.4 is 15.0 Å². The van der Waals surface area contributed by atoms with Gasteiger partial charge in [-0.15, -0.1) is 0 Å². The van der Waals surface area contributed by atoms with Gasteiger partial charge in [-0.1, -0.05) is 31.2 Å². The van der Waals surface area contributed by atoms with Gasteiger partial charge in [-0.25, -0.2) is 9.97 Å². The van der Waals surface area contributed by atoms with Crippen LogP contribution in [0.1, 0.15) is 31.7 Å². The van der Waals surface area contributed by atoms with Gasteiger partial charge in [0.2, 0.25) is 5.91 Å². The Balaban J connectivity index is 1.18. The van der Waals surface area contributed by atoms with Crippen LogP contribution in [0.25, 0.3) is 22.1 Å². The van der Waals surface area contributed by atoms with Crippen LogP contribution in [-0.2, 0) is 11.3 Å². The van der Waals surface area contributed by atoms with Gasteiger partial charge in [0.1, 0.15) is 23.2 Å². The number of anilines is 1. The second-order valence-electron chi connectivity index (χ2n) is 8.44. The normalized spacial score (nSPS) is 14.6. The molecule has 4 aromatic rings. The molecule has 33 heavy (non-hydrogen) atoms. The van der Waals surface area contributed by atoms with E-state index in [1.807, 2.05) is 48.5 Å². The van der Waals surface area contributed by atoms with E-state index >= 15 is 0 Å². The molecule has 2 aromatic heterocycles. The topological polar surface area (TPSA) is 80.5 Å². The summed E-state index contributed by atoms with van der Waals surface area (Å²) >= 11 is 0. The molecule has 170 valence electrons. The van der Waals surface area contributed by atoms with Gasteiger partial charge in [0.05, 0.1) is 6.61 Å². The van der Waals surface area contributed by atoms with E-state index in [9.17, 15) is 4.79 Å². The van der Waals surface area contributed by atoms with Gasteiger partial charge in [0, 0.05) is 30.9 Å². The minimum Gasteiger partial charge on any atom is -0.494 e. The van der Waals surface area contributed by atoms with Crippen LogP contribution in [0.4, 0.5) is 5.82 Å². The Hall–Kier alpha value is -3.61. The largest absolute Gasteiger partial charge is 0.494 e. The summed E-state index contributed by atoms with van der Waals surface area (Å²) in [6.45, 7) is 4.83. The quantitative estimate of drug-likeness (QED) is 0.445. The molecule has 3 heterocycles. The highest BCUT2D eigenvalue weighted by Gasteiger charge is 2.27. The van der Waals surface area contributed by atoms with E-state index in [4.69, 9.17) is 9.15 Å². The zero-order valence-corrected chi connectivity index (χ0v) is 18.8. The predicted octanol–water partition coefficient (Wildman–Crippen LogP) is 4.70. The van der Waals surface area contributed by atoms with Crippen LogP contribution in [0.15, 0.2) is 59.3 Å². The Bertz CT molecular complexity index is 1240. The highest BCUT2D eigenvalue weighted by atomic mass is 16.5. The van der Waals surface area contributed by atoms with Crippen molar-refractivity contribution in [2.45, 2.75) is 32.7 Å². The van der Waals surface area contributed by atoms with Crippen LogP contribution in [0.2, 0.25) is 0 Å². The molecule has 1 N–H and O–H groups in total. The van der Waals surface area contributed by atoms with Crippen molar-refractivity contribution >= 4 is 33.8 Å². The highest BCUT2D eigenvalue weighted by Crippen LogP contribution is 2.33. The molecular formula is C26H28N4O3. The number of hydrogen-bond acceptors (Lipinski definition) is 6. The standard InChI is InChI=1S/C26H28N4O3/c1-2-15-32-20-9-7-18(8-10-20)16-27-26(31)19-11-13-30(14-12-19)25-24-23(28-17-29-25)21-5-3-4-6-22(21)33-24/h3-10,17,19H,2,11-16H2,1H3,(H,27,31). The van der Waals surface area contributed by atoms with Crippen LogP contribution in [0.5, 0.6) is 5.75 Å². The maximum Gasteiger partial charge on any atom is 0.223 e. The third-order valence-corrected chi connectivity index (χ3v) is 6.17. The van der Waals surface area contributed by atoms with Crippen molar-refractivity contribution in [3.05, 3.63) is 60.4 Å². The van der Waals surface area contributed by atoms with Crippen molar-refractivity contribution in [3.8, 4) is 5.75 Å². The number of nitrogens with one attached hydrogen (secondary N) is 1. The lowest BCUT2D eigenvalue weighted by Gasteiger charge is -2.31. The summed E-state index contributed by atoms with van der Waals surface area (Å²) in [5.41, 5.74) is 3.43. The first kappa shape index (κ1) is 21.2. The summed E-state index contributed by atoms with van der Waals surface area (Å²) in [5, 5.41) is 4.09. The van der Waals surface area contributed by atoms with Crippen molar-refractivity contribution < 1.29 is 13.9 Å². The van der Waals surface area contributed by atoms with E-state index < -0.39 is 0 Å². The molecule has 1 aliphatic heterocycles. The number of piperidine rings is 1. The van der Waals surface area contributed by atoms with Crippen LogP contribution in [0.3, 0.4) is 0 Å². The van der Waals surface area contributed by atoms with E-state index in [-0.39, 0.29) is 11.8 Å². The molecule has 1 fully saturated rings. The molecule has 0 radical (unpaired) electrons. The van der Waals surface area contributed by atoms with E-state index in [1.54, 1.807) is 6.33 Å². The number of benzene rings is 2. The molecule has 7 heteroatoms. The summed E-state index contributed by atoms with van der Waals surface area (Å²) in [7, 11) is 0. The van der Waals surface area contributed by atoms with Gasteiger partial charge >= 0.3 is 0 Å². The average Bonchev–Trinajstić information content (AvgIpc) is 3.26. The van der Waals surface area contributed by atoms with Gasteiger partial charge < -0.3 is 19.4 Å². The number of nitrogens with zero attached hydrogens (tertiary/aromatic N) is 3. The second kappa shape index (κ2) is 9.48. The zero-order valence-electron chi connectivity index (χ0n) is 18.8. The van der Waals surface area contributed by atoms with Crippen LogP contribution in [0, 0.1) is 5.92 Å². The number of carbonyl (C=O) groups is 1. The lowest BCUT2D eigenvalue weighted by atomic mass is 9.95. The van der Waals surface area contributed by atoms with Crippen LogP contribution in [-0.4, -0.2) is 35.6 Å². The minimum atomic E-state index is 0.00131. The van der Waals surface area contributed by atoms with Crippen LogP contribution >= 0.6 is 0 Å². The molecule has 1 saturated heterocycles. The molecule has 7 nitrogen and oxygen atoms in total. The fraction of sp³-hybridized carbons (Fsp3) is 0.346. The number of rotatable bonds is 7. The summed E-state index contributed by atoms with van der Waals surface area (Å²) in [6, 6.07) is 15.8. The molecule has 0 atom stereocenters. The Morgan fingerprint density at radius 3 is 2.70 bits per heavy atom. The number of fused-ring (bicyclic) bond motifs is 3. The molecule has 0 spiro atoms. The lowest BCUT2D eigenvalue weighted by molar-refractivity contribution is -0.125. The fourth-order valence-electron chi connectivity index (χ4n) is 4.35. The fourth-order valence-corrected chi connectivity index (χ4v) is 4.35. The summed E-state index contributed by atoms with van der Waals surface area (Å²) in [4.78, 5) is 23.9. The van der Waals surface area contributed by atoms with Gasteiger partial charge in [-0.3, -0.25) is 4.79 Å².